The number of thioether (sulfide) groups is 1. The molecule has 1 heterocycles. The minimum absolute atomic E-state index is 0.00241. The lowest BCUT2D eigenvalue weighted by atomic mass is 10.2. The standard InChI is InChI=1S/C18H21NO4S/c1-5-14-13(17(21)22)10-15(23-14)16(20)19-11-6-8-12(9-7-11)24-18(2,3)4/h6-10H,5H2,1-4H3,(H,19,20)(H,21,22). The summed E-state index contributed by atoms with van der Waals surface area (Å²) in [7, 11) is 0. The summed E-state index contributed by atoms with van der Waals surface area (Å²) in [5.74, 6) is -1.27. The Morgan fingerprint density at radius 3 is 2.29 bits per heavy atom. The van der Waals surface area contributed by atoms with Gasteiger partial charge in [0.25, 0.3) is 5.91 Å². The second-order valence-electron chi connectivity index (χ2n) is 6.30. The summed E-state index contributed by atoms with van der Waals surface area (Å²) >= 11 is 1.74. The molecule has 2 N–H and O–H groups in total. The maximum absolute atomic E-state index is 12.2. The van der Waals surface area contributed by atoms with E-state index >= 15 is 0 Å². The first-order chi connectivity index (χ1) is 11.2. The van der Waals surface area contributed by atoms with Gasteiger partial charge in [0.1, 0.15) is 11.3 Å². The van der Waals surface area contributed by atoms with Crippen LogP contribution in [0.3, 0.4) is 0 Å². The molecule has 0 saturated heterocycles. The number of carboxylic acids is 1. The van der Waals surface area contributed by atoms with Crippen LogP contribution in [0.4, 0.5) is 5.69 Å². The van der Waals surface area contributed by atoms with E-state index in [-0.39, 0.29) is 16.1 Å². The highest BCUT2D eigenvalue weighted by molar-refractivity contribution is 8.00. The molecule has 0 atom stereocenters. The number of amides is 1. The molecule has 0 aliphatic carbocycles. The SMILES string of the molecule is CCc1oc(C(=O)Nc2ccc(SC(C)(C)C)cc2)cc1C(=O)O. The number of carbonyl (C=O) groups excluding carboxylic acids is 1. The van der Waals surface area contributed by atoms with Gasteiger partial charge in [-0.05, 0) is 24.3 Å². The van der Waals surface area contributed by atoms with Crippen LogP contribution in [0.2, 0.25) is 0 Å². The Labute approximate surface area is 145 Å². The molecule has 0 spiro atoms. The predicted octanol–water partition coefficient (Wildman–Crippen LogP) is 4.68. The Bertz CT molecular complexity index is 741. The number of benzene rings is 1. The fourth-order valence-corrected chi connectivity index (χ4v) is 3.12. The normalized spacial score (nSPS) is 11.3. The van der Waals surface area contributed by atoms with Crippen LogP contribution in [0.25, 0.3) is 0 Å². The number of anilines is 1. The van der Waals surface area contributed by atoms with Crippen LogP contribution < -0.4 is 5.32 Å². The Balaban J connectivity index is 2.11. The van der Waals surface area contributed by atoms with Crippen molar-refractivity contribution >= 4 is 29.3 Å². The van der Waals surface area contributed by atoms with Crippen molar-refractivity contribution in [2.45, 2.75) is 43.8 Å². The Morgan fingerprint density at radius 1 is 1.21 bits per heavy atom. The van der Waals surface area contributed by atoms with Gasteiger partial charge in [-0.1, -0.05) is 27.7 Å². The van der Waals surface area contributed by atoms with Gasteiger partial charge < -0.3 is 14.8 Å². The lowest BCUT2D eigenvalue weighted by molar-refractivity contribution is 0.0694. The molecule has 0 saturated carbocycles. The number of nitrogens with one attached hydrogen (secondary N) is 1. The molecule has 0 unspecified atom stereocenters. The lowest BCUT2D eigenvalue weighted by Crippen LogP contribution is -2.11. The molecule has 5 nitrogen and oxygen atoms in total. The van der Waals surface area contributed by atoms with E-state index in [9.17, 15) is 9.59 Å². The van der Waals surface area contributed by atoms with Gasteiger partial charge in [0, 0.05) is 27.8 Å². The number of hydrogen-bond acceptors (Lipinski definition) is 4. The first-order valence-corrected chi connectivity index (χ1v) is 8.47. The number of carbonyl (C=O) groups is 2. The van der Waals surface area contributed by atoms with Gasteiger partial charge in [0.15, 0.2) is 5.76 Å². The molecule has 0 bridgehead atoms. The van der Waals surface area contributed by atoms with Crippen LogP contribution in [0.5, 0.6) is 0 Å². The van der Waals surface area contributed by atoms with Crippen molar-refractivity contribution < 1.29 is 19.1 Å². The molecule has 0 fully saturated rings. The van der Waals surface area contributed by atoms with E-state index in [2.05, 4.69) is 26.1 Å². The Kier molecular flexibility index (Phi) is 5.39. The first kappa shape index (κ1) is 18.1. The van der Waals surface area contributed by atoms with E-state index in [1.54, 1.807) is 18.7 Å². The van der Waals surface area contributed by atoms with Gasteiger partial charge in [-0.3, -0.25) is 4.79 Å². The van der Waals surface area contributed by atoms with Crippen LogP contribution in [-0.4, -0.2) is 21.7 Å². The number of aromatic carboxylic acids is 1. The molecular formula is C18H21NO4S. The number of aryl methyl sites for hydroxylation is 1. The summed E-state index contributed by atoms with van der Waals surface area (Å²) in [6.07, 6.45) is 0.410. The van der Waals surface area contributed by atoms with Gasteiger partial charge in [-0.15, -0.1) is 11.8 Å². The van der Waals surface area contributed by atoms with Crippen LogP contribution in [0.1, 0.15) is 54.4 Å². The molecule has 2 aromatic rings. The van der Waals surface area contributed by atoms with Crippen molar-refractivity contribution in [2.24, 2.45) is 0 Å². The molecule has 1 amide bonds. The minimum atomic E-state index is -1.10. The summed E-state index contributed by atoms with van der Waals surface area (Å²) in [5.41, 5.74) is 0.657. The molecule has 0 aliphatic heterocycles. The predicted molar refractivity (Wildman–Crippen MR) is 95.1 cm³/mol. The van der Waals surface area contributed by atoms with Crippen molar-refractivity contribution in [2.75, 3.05) is 5.32 Å². The molecule has 1 aromatic heterocycles. The highest BCUT2D eigenvalue weighted by Gasteiger charge is 2.20. The zero-order valence-corrected chi connectivity index (χ0v) is 15.0. The van der Waals surface area contributed by atoms with Crippen molar-refractivity contribution in [1.82, 2.24) is 0 Å². The van der Waals surface area contributed by atoms with Gasteiger partial charge in [-0.25, -0.2) is 4.79 Å². The van der Waals surface area contributed by atoms with E-state index < -0.39 is 11.9 Å². The highest BCUT2D eigenvalue weighted by atomic mass is 32.2. The number of rotatable bonds is 5. The Morgan fingerprint density at radius 2 is 1.83 bits per heavy atom. The molecule has 1 aromatic carbocycles. The van der Waals surface area contributed by atoms with Crippen molar-refractivity contribution in [3.63, 3.8) is 0 Å². The summed E-state index contributed by atoms with van der Waals surface area (Å²) in [4.78, 5) is 24.5. The molecule has 2 rings (SSSR count). The third-order valence-corrected chi connectivity index (χ3v) is 4.24. The summed E-state index contributed by atoms with van der Waals surface area (Å²) in [6, 6.07) is 8.77. The average Bonchev–Trinajstić information content (AvgIpc) is 2.92. The van der Waals surface area contributed by atoms with Crippen molar-refractivity contribution in [1.29, 1.82) is 0 Å². The maximum atomic E-state index is 12.2. The van der Waals surface area contributed by atoms with E-state index in [1.165, 1.54) is 6.07 Å². The van der Waals surface area contributed by atoms with Crippen molar-refractivity contribution in [3.05, 3.63) is 47.4 Å². The van der Waals surface area contributed by atoms with Gasteiger partial charge >= 0.3 is 5.97 Å². The van der Waals surface area contributed by atoms with Crippen molar-refractivity contribution in [3.8, 4) is 0 Å². The third kappa shape index (κ3) is 4.64. The fourth-order valence-electron chi connectivity index (χ4n) is 2.14. The largest absolute Gasteiger partial charge is 0.478 e. The third-order valence-electron chi connectivity index (χ3n) is 3.12. The topological polar surface area (TPSA) is 79.5 Å². The molecule has 24 heavy (non-hydrogen) atoms. The van der Waals surface area contributed by atoms with Gasteiger partial charge in [0.2, 0.25) is 0 Å². The molecule has 0 radical (unpaired) electrons. The van der Waals surface area contributed by atoms with E-state index in [0.29, 0.717) is 17.9 Å². The summed E-state index contributed by atoms with van der Waals surface area (Å²) in [5, 5.41) is 11.8. The lowest BCUT2D eigenvalue weighted by Gasteiger charge is -2.17. The number of furan rings is 1. The molecule has 128 valence electrons. The fraction of sp³-hybridized carbons (Fsp3) is 0.333. The molecule has 0 aliphatic rings. The number of hydrogen-bond donors (Lipinski definition) is 2. The van der Waals surface area contributed by atoms with E-state index in [4.69, 9.17) is 9.52 Å². The summed E-state index contributed by atoms with van der Waals surface area (Å²) in [6.45, 7) is 8.18. The monoisotopic (exact) mass is 347 g/mol. The zero-order chi connectivity index (χ0) is 17.9. The van der Waals surface area contributed by atoms with Crippen LogP contribution >= 0.6 is 11.8 Å². The molecular weight excluding hydrogens is 326 g/mol. The highest BCUT2D eigenvalue weighted by Crippen LogP contribution is 2.32. The molecule has 6 heteroatoms. The zero-order valence-electron chi connectivity index (χ0n) is 14.2. The quantitative estimate of drug-likeness (QED) is 0.768. The van der Waals surface area contributed by atoms with E-state index in [0.717, 1.165) is 4.90 Å². The Hall–Kier alpha value is -2.21. The first-order valence-electron chi connectivity index (χ1n) is 7.66. The number of carboxylic acid groups (broad SMARTS) is 1. The van der Waals surface area contributed by atoms with Gasteiger partial charge in [0.05, 0.1) is 0 Å². The smallest absolute Gasteiger partial charge is 0.339 e. The summed E-state index contributed by atoms with van der Waals surface area (Å²) < 4.78 is 5.47. The second-order valence-corrected chi connectivity index (χ2v) is 8.20. The minimum Gasteiger partial charge on any atom is -0.478 e. The van der Waals surface area contributed by atoms with Crippen LogP contribution in [-0.2, 0) is 6.42 Å². The maximum Gasteiger partial charge on any atom is 0.339 e. The second kappa shape index (κ2) is 7.13. The van der Waals surface area contributed by atoms with Crippen LogP contribution in [0.15, 0.2) is 39.6 Å². The average molecular weight is 347 g/mol. The van der Waals surface area contributed by atoms with Gasteiger partial charge in [-0.2, -0.15) is 0 Å². The van der Waals surface area contributed by atoms with Crippen LogP contribution in [0, 0.1) is 0 Å². The van der Waals surface area contributed by atoms with E-state index in [1.807, 2.05) is 24.3 Å².